The van der Waals surface area contributed by atoms with Gasteiger partial charge in [-0.2, -0.15) is 0 Å². The second-order valence-corrected chi connectivity index (χ2v) is 4.98. The van der Waals surface area contributed by atoms with E-state index in [4.69, 9.17) is 5.73 Å². The summed E-state index contributed by atoms with van der Waals surface area (Å²) in [6.45, 7) is 2.34. The fourth-order valence-electron chi connectivity index (χ4n) is 1.40. The molecule has 0 saturated carbocycles. The van der Waals surface area contributed by atoms with Crippen molar-refractivity contribution in [1.29, 1.82) is 0 Å². The monoisotopic (exact) mass is 229 g/mol. The fourth-order valence-corrected chi connectivity index (χ4v) is 2.62. The highest BCUT2D eigenvalue weighted by atomic mass is 32.2. The summed E-state index contributed by atoms with van der Waals surface area (Å²) in [4.78, 5) is 0. The van der Waals surface area contributed by atoms with Gasteiger partial charge in [-0.25, -0.2) is 4.39 Å². The first-order valence-electron chi connectivity index (χ1n) is 4.99. The third-order valence-corrected chi connectivity index (χ3v) is 3.63. The lowest BCUT2D eigenvalue weighted by molar-refractivity contribution is 0.625. The maximum absolute atomic E-state index is 13.0. The van der Waals surface area contributed by atoms with Crippen LogP contribution in [0.3, 0.4) is 0 Å². The zero-order valence-corrected chi connectivity index (χ0v) is 9.65. The molecular weight excluding hydrogens is 213 g/mol. The molecule has 0 saturated heterocycles. The van der Waals surface area contributed by atoms with Crippen molar-refractivity contribution in [3.63, 3.8) is 0 Å². The molecule has 1 atom stereocenters. The molecule has 0 spiro atoms. The Balaban J connectivity index is 2.82. The Bertz CT molecular complexity index is 354. The van der Waals surface area contributed by atoms with Crippen LogP contribution in [-0.4, -0.2) is 9.96 Å². The zero-order chi connectivity index (χ0) is 11.3. The van der Waals surface area contributed by atoms with E-state index < -0.39 is 10.8 Å². The van der Waals surface area contributed by atoms with E-state index in [1.54, 1.807) is 6.07 Å². The number of hydrogen-bond donors (Lipinski definition) is 1. The molecule has 0 radical (unpaired) electrons. The smallest absolute Gasteiger partial charge is 0.123 e. The average molecular weight is 229 g/mol. The van der Waals surface area contributed by atoms with Gasteiger partial charge >= 0.3 is 0 Å². The van der Waals surface area contributed by atoms with Crippen molar-refractivity contribution >= 4 is 10.8 Å². The molecule has 1 rings (SSSR count). The minimum Gasteiger partial charge on any atom is -0.326 e. The molecule has 0 amide bonds. The van der Waals surface area contributed by atoms with Crippen LogP contribution >= 0.6 is 0 Å². The Morgan fingerprint density at radius 2 is 2.13 bits per heavy atom. The van der Waals surface area contributed by atoms with Gasteiger partial charge in [0.1, 0.15) is 5.82 Å². The van der Waals surface area contributed by atoms with Gasteiger partial charge in [0.15, 0.2) is 0 Å². The highest BCUT2D eigenvalue weighted by molar-refractivity contribution is 7.84. The second-order valence-electron chi connectivity index (χ2n) is 3.41. The molecule has 15 heavy (non-hydrogen) atoms. The van der Waals surface area contributed by atoms with Gasteiger partial charge in [0, 0.05) is 28.9 Å². The molecule has 1 aromatic carbocycles. The molecular formula is C11H16FNOS. The van der Waals surface area contributed by atoms with E-state index in [0.29, 0.717) is 18.1 Å². The summed E-state index contributed by atoms with van der Waals surface area (Å²) in [7, 11) is -0.913. The summed E-state index contributed by atoms with van der Waals surface area (Å²) in [6.07, 6.45) is 0.875. The lowest BCUT2D eigenvalue weighted by Crippen LogP contribution is -2.06. The van der Waals surface area contributed by atoms with E-state index in [0.717, 1.165) is 17.5 Å². The van der Waals surface area contributed by atoms with E-state index >= 15 is 0 Å². The SMILES string of the molecule is CCCS(=O)Cc1cc(F)ccc1CN. The van der Waals surface area contributed by atoms with Crippen molar-refractivity contribution in [1.82, 2.24) is 0 Å². The molecule has 0 fully saturated rings. The summed E-state index contributed by atoms with van der Waals surface area (Å²) in [5.41, 5.74) is 7.17. The number of hydrogen-bond acceptors (Lipinski definition) is 2. The van der Waals surface area contributed by atoms with Gasteiger partial charge in [-0.05, 0) is 29.7 Å². The quantitative estimate of drug-likeness (QED) is 0.838. The standard InChI is InChI=1S/C11H16FNOS/c1-2-5-15(14)8-10-6-11(12)4-3-9(10)7-13/h3-4,6H,2,5,7-8,13H2,1H3. The van der Waals surface area contributed by atoms with Crippen molar-refractivity contribution in [3.8, 4) is 0 Å². The molecule has 0 aliphatic carbocycles. The summed E-state index contributed by atoms with van der Waals surface area (Å²) < 4.78 is 24.5. The van der Waals surface area contributed by atoms with Gasteiger partial charge in [0.2, 0.25) is 0 Å². The van der Waals surface area contributed by atoms with Crippen LogP contribution in [0.5, 0.6) is 0 Å². The van der Waals surface area contributed by atoms with Crippen molar-refractivity contribution in [2.75, 3.05) is 5.75 Å². The lowest BCUT2D eigenvalue weighted by Gasteiger charge is -2.07. The van der Waals surface area contributed by atoms with Crippen molar-refractivity contribution < 1.29 is 8.60 Å². The minimum absolute atomic E-state index is 0.296. The van der Waals surface area contributed by atoms with E-state index in [9.17, 15) is 8.60 Å². The Kier molecular flexibility index (Phi) is 4.91. The van der Waals surface area contributed by atoms with Crippen molar-refractivity contribution in [2.24, 2.45) is 5.73 Å². The molecule has 4 heteroatoms. The van der Waals surface area contributed by atoms with E-state index in [2.05, 4.69) is 0 Å². The largest absolute Gasteiger partial charge is 0.326 e. The van der Waals surface area contributed by atoms with Gasteiger partial charge in [-0.15, -0.1) is 0 Å². The summed E-state index contributed by atoms with van der Waals surface area (Å²) >= 11 is 0. The summed E-state index contributed by atoms with van der Waals surface area (Å²) in [6, 6.07) is 4.47. The third kappa shape index (κ3) is 3.72. The van der Waals surface area contributed by atoms with Gasteiger partial charge in [0.25, 0.3) is 0 Å². The second kappa shape index (κ2) is 5.98. The first-order valence-corrected chi connectivity index (χ1v) is 6.48. The Morgan fingerprint density at radius 3 is 2.73 bits per heavy atom. The van der Waals surface area contributed by atoms with Gasteiger partial charge < -0.3 is 5.73 Å². The fraction of sp³-hybridized carbons (Fsp3) is 0.455. The maximum Gasteiger partial charge on any atom is 0.123 e. The average Bonchev–Trinajstić information content (AvgIpc) is 2.18. The van der Waals surface area contributed by atoms with E-state index in [1.807, 2.05) is 6.92 Å². The molecule has 0 bridgehead atoms. The summed E-state index contributed by atoms with van der Waals surface area (Å²) in [5.74, 6) is 0.759. The molecule has 2 nitrogen and oxygen atoms in total. The van der Waals surface area contributed by atoms with Crippen LogP contribution in [0.15, 0.2) is 18.2 Å². The molecule has 2 N–H and O–H groups in total. The topological polar surface area (TPSA) is 43.1 Å². The molecule has 84 valence electrons. The molecule has 1 unspecified atom stereocenters. The highest BCUT2D eigenvalue weighted by Crippen LogP contribution is 2.13. The van der Waals surface area contributed by atoms with Crippen LogP contribution in [0.2, 0.25) is 0 Å². The van der Waals surface area contributed by atoms with Crippen LogP contribution in [-0.2, 0) is 23.1 Å². The Morgan fingerprint density at radius 1 is 1.40 bits per heavy atom. The molecule has 0 heterocycles. The molecule has 1 aromatic rings. The van der Waals surface area contributed by atoms with Gasteiger partial charge in [0.05, 0.1) is 0 Å². The number of halogens is 1. The zero-order valence-electron chi connectivity index (χ0n) is 8.83. The molecule has 0 aliphatic rings. The number of nitrogens with two attached hydrogens (primary N) is 1. The van der Waals surface area contributed by atoms with Gasteiger partial charge in [-0.1, -0.05) is 13.0 Å². The highest BCUT2D eigenvalue weighted by Gasteiger charge is 2.06. The first kappa shape index (κ1) is 12.3. The Hall–Kier alpha value is -0.740. The van der Waals surface area contributed by atoms with Crippen LogP contribution in [0.25, 0.3) is 0 Å². The lowest BCUT2D eigenvalue weighted by atomic mass is 10.1. The van der Waals surface area contributed by atoms with Gasteiger partial charge in [-0.3, -0.25) is 4.21 Å². The minimum atomic E-state index is -0.913. The maximum atomic E-state index is 13.0. The van der Waals surface area contributed by atoms with E-state index in [-0.39, 0.29) is 5.82 Å². The number of benzene rings is 1. The molecule has 0 aliphatic heterocycles. The normalized spacial score (nSPS) is 12.7. The van der Waals surface area contributed by atoms with Crippen LogP contribution < -0.4 is 5.73 Å². The van der Waals surface area contributed by atoms with Crippen LogP contribution in [0.1, 0.15) is 24.5 Å². The third-order valence-electron chi connectivity index (χ3n) is 2.14. The predicted molar refractivity (Wildman–Crippen MR) is 61.3 cm³/mol. The predicted octanol–water partition coefficient (Wildman–Crippen LogP) is 1.94. The Labute approximate surface area is 92.1 Å². The van der Waals surface area contributed by atoms with Crippen LogP contribution in [0.4, 0.5) is 4.39 Å². The molecule has 0 aromatic heterocycles. The number of rotatable bonds is 5. The van der Waals surface area contributed by atoms with Crippen molar-refractivity contribution in [3.05, 3.63) is 35.1 Å². The van der Waals surface area contributed by atoms with E-state index in [1.165, 1.54) is 12.1 Å². The summed E-state index contributed by atoms with van der Waals surface area (Å²) in [5, 5.41) is 0. The van der Waals surface area contributed by atoms with Crippen LogP contribution in [0, 0.1) is 5.82 Å². The first-order chi connectivity index (χ1) is 7.17. The van der Waals surface area contributed by atoms with Crippen molar-refractivity contribution in [2.45, 2.75) is 25.6 Å².